The number of nitrogens with zero attached hydrogens (tertiary/aromatic N) is 3. The van der Waals surface area contributed by atoms with E-state index in [4.69, 9.17) is 0 Å². The third-order valence-corrected chi connectivity index (χ3v) is 11.2. The van der Waals surface area contributed by atoms with Crippen LogP contribution in [0, 0.1) is 0 Å². The van der Waals surface area contributed by atoms with Gasteiger partial charge < -0.3 is 4.89 Å². The molecule has 1 aromatic rings. The molecule has 1 aromatic heterocycles. The van der Waals surface area contributed by atoms with Crippen LogP contribution in [0.15, 0.2) is 12.4 Å². The Balaban J connectivity index is 3.40. The lowest BCUT2D eigenvalue weighted by Gasteiger charge is -2.37. The first kappa shape index (κ1) is 15.6. The van der Waals surface area contributed by atoms with Gasteiger partial charge in [-0.25, -0.2) is 14.2 Å². The zero-order chi connectivity index (χ0) is 14.4. The van der Waals surface area contributed by atoms with Crippen LogP contribution in [0.4, 0.5) is 0 Å². The maximum absolute atomic E-state index is 12.4. The van der Waals surface area contributed by atoms with Crippen molar-refractivity contribution in [1.82, 2.24) is 14.0 Å². The first-order valence-corrected chi connectivity index (χ1v) is 10.5. The van der Waals surface area contributed by atoms with Crippen molar-refractivity contribution < 1.29 is 9.46 Å². The SMILES string of the molecule is CN(C)P(=O)(O)n1ccnc1[Si](C)(C)C(C)(C)C. The summed E-state index contributed by atoms with van der Waals surface area (Å²) in [6.45, 7) is 10.9. The lowest BCUT2D eigenvalue weighted by Crippen LogP contribution is -2.54. The number of imidazole rings is 1. The Morgan fingerprint density at radius 1 is 1.39 bits per heavy atom. The number of aromatic nitrogens is 2. The van der Waals surface area contributed by atoms with Gasteiger partial charge in [0.1, 0.15) is 8.07 Å². The second kappa shape index (κ2) is 4.60. The molecule has 1 unspecified atom stereocenters. The molecule has 0 bridgehead atoms. The van der Waals surface area contributed by atoms with E-state index in [-0.39, 0.29) is 5.04 Å². The van der Waals surface area contributed by atoms with Crippen LogP contribution in [0.2, 0.25) is 18.1 Å². The van der Waals surface area contributed by atoms with E-state index in [1.807, 2.05) is 0 Å². The number of hydrogen-bond donors (Lipinski definition) is 1. The first-order valence-electron chi connectivity index (χ1n) is 5.97. The molecule has 0 amide bonds. The van der Waals surface area contributed by atoms with Crippen molar-refractivity contribution in [2.45, 2.75) is 38.9 Å². The fraction of sp³-hybridized carbons (Fsp3) is 0.727. The van der Waals surface area contributed by atoms with Crippen LogP contribution >= 0.6 is 7.67 Å². The molecule has 1 N–H and O–H groups in total. The van der Waals surface area contributed by atoms with Crippen molar-refractivity contribution in [3.8, 4) is 0 Å². The predicted octanol–water partition coefficient (Wildman–Crippen LogP) is 2.11. The van der Waals surface area contributed by atoms with Crippen molar-refractivity contribution in [3.63, 3.8) is 0 Å². The van der Waals surface area contributed by atoms with Crippen LogP contribution in [-0.2, 0) is 4.57 Å². The van der Waals surface area contributed by atoms with Gasteiger partial charge in [-0.15, -0.1) is 0 Å². The highest BCUT2D eigenvalue weighted by Gasteiger charge is 2.43. The number of rotatable bonds is 3. The fourth-order valence-electron chi connectivity index (χ4n) is 1.48. The maximum atomic E-state index is 12.4. The minimum absolute atomic E-state index is 0.0718. The molecule has 0 radical (unpaired) electrons. The van der Waals surface area contributed by atoms with Crippen LogP contribution in [0.5, 0.6) is 0 Å². The fourth-order valence-corrected chi connectivity index (χ4v) is 5.26. The van der Waals surface area contributed by atoms with E-state index in [9.17, 15) is 9.46 Å². The Labute approximate surface area is 110 Å². The molecule has 7 heteroatoms. The van der Waals surface area contributed by atoms with Crippen molar-refractivity contribution in [2.24, 2.45) is 0 Å². The Morgan fingerprint density at radius 3 is 2.28 bits per heavy atom. The van der Waals surface area contributed by atoms with Gasteiger partial charge in [0.2, 0.25) is 0 Å². The summed E-state index contributed by atoms with van der Waals surface area (Å²) in [7, 11) is -2.27. The van der Waals surface area contributed by atoms with Gasteiger partial charge in [0.15, 0.2) is 0 Å². The summed E-state index contributed by atoms with van der Waals surface area (Å²) in [5, 5.41) is 0.0718. The Morgan fingerprint density at radius 2 is 1.89 bits per heavy atom. The van der Waals surface area contributed by atoms with Crippen LogP contribution in [0.25, 0.3) is 0 Å². The van der Waals surface area contributed by atoms with Crippen molar-refractivity contribution in [3.05, 3.63) is 12.4 Å². The molecule has 0 aliphatic rings. The second-order valence-corrected chi connectivity index (χ2v) is 13.8. The molecule has 1 heterocycles. The summed E-state index contributed by atoms with van der Waals surface area (Å²) < 4.78 is 15.2. The van der Waals surface area contributed by atoms with Crippen LogP contribution in [0.1, 0.15) is 20.8 Å². The van der Waals surface area contributed by atoms with Gasteiger partial charge in [0.25, 0.3) is 0 Å². The van der Waals surface area contributed by atoms with Crippen molar-refractivity contribution in [1.29, 1.82) is 0 Å². The standard InChI is InChI=1S/C11H24N3O2PSi/c1-11(2,3)18(6,7)10-12-8-9-14(10)17(15,16)13(4)5/h8-9H,1-7H3,(H,15,16). The zero-order valence-electron chi connectivity index (χ0n) is 12.3. The maximum Gasteiger partial charge on any atom is 0.372 e. The van der Waals surface area contributed by atoms with Crippen LogP contribution in [-0.4, -0.2) is 41.1 Å². The van der Waals surface area contributed by atoms with Gasteiger partial charge in [-0.1, -0.05) is 33.9 Å². The van der Waals surface area contributed by atoms with E-state index in [1.165, 1.54) is 9.01 Å². The summed E-state index contributed by atoms with van der Waals surface area (Å²) in [6, 6.07) is 0. The summed E-state index contributed by atoms with van der Waals surface area (Å²) in [6.07, 6.45) is 3.22. The molecule has 0 aromatic carbocycles. The summed E-state index contributed by atoms with van der Waals surface area (Å²) in [5.74, 6) is 0. The van der Waals surface area contributed by atoms with Crippen LogP contribution in [0.3, 0.4) is 0 Å². The smallest absolute Gasteiger partial charge is 0.317 e. The van der Waals surface area contributed by atoms with E-state index in [2.05, 4.69) is 38.8 Å². The summed E-state index contributed by atoms with van der Waals surface area (Å²) >= 11 is 0. The molecule has 0 saturated heterocycles. The highest BCUT2D eigenvalue weighted by molar-refractivity contribution is 7.54. The lowest BCUT2D eigenvalue weighted by molar-refractivity contribution is 0.400. The average Bonchev–Trinajstić information content (AvgIpc) is 2.64. The molecule has 0 aliphatic heterocycles. The largest absolute Gasteiger partial charge is 0.372 e. The Bertz CT molecular complexity index is 477. The Hall–Kier alpha value is -0.423. The second-order valence-electron chi connectivity index (χ2n) is 6.33. The topological polar surface area (TPSA) is 58.4 Å². The van der Waals surface area contributed by atoms with E-state index in [1.54, 1.807) is 26.5 Å². The van der Waals surface area contributed by atoms with E-state index < -0.39 is 15.7 Å². The molecule has 1 atom stereocenters. The van der Waals surface area contributed by atoms with E-state index in [0.29, 0.717) is 0 Å². The molecular formula is C11H24N3O2PSi. The highest BCUT2D eigenvalue weighted by Crippen LogP contribution is 2.45. The van der Waals surface area contributed by atoms with E-state index in [0.717, 1.165) is 5.45 Å². The molecular weight excluding hydrogens is 265 g/mol. The molecule has 5 nitrogen and oxygen atoms in total. The average molecular weight is 289 g/mol. The van der Waals surface area contributed by atoms with E-state index >= 15 is 0 Å². The van der Waals surface area contributed by atoms with Gasteiger partial charge in [0, 0.05) is 12.4 Å². The minimum Gasteiger partial charge on any atom is -0.317 e. The lowest BCUT2D eigenvalue weighted by atomic mass is 10.2. The third-order valence-electron chi connectivity index (χ3n) is 3.86. The zero-order valence-corrected chi connectivity index (χ0v) is 14.2. The molecule has 1 rings (SSSR count). The minimum atomic E-state index is -3.55. The summed E-state index contributed by atoms with van der Waals surface area (Å²) in [5.41, 5.74) is 0.773. The highest BCUT2D eigenvalue weighted by atomic mass is 31.2. The van der Waals surface area contributed by atoms with Crippen LogP contribution < -0.4 is 5.45 Å². The first-order chi connectivity index (χ1) is 7.92. The summed E-state index contributed by atoms with van der Waals surface area (Å²) in [4.78, 5) is 14.6. The number of hydrogen-bond acceptors (Lipinski definition) is 2. The van der Waals surface area contributed by atoms with Gasteiger partial charge >= 0.3 is 7.67 Å². The molecule has 18 heavy (non-hydrogen) atoms. The molecule has 104 valence electrons. The molecule has 0 saturated carbocycles. The molecule has 0 spiro atoms. The normalized spacial score (nSPS) is 16.9. The Kier molecular flexibility index (Phi) is 3.99. The monoisotopic (exact) mass is 289 g/mol. The molecule has 0 fully saturated rings. The third kappa shape index (κ3) is 2.47. The van der Waals surface area contributed by atoms with Gasteiger partial charge in [-0.2, -0.15) is 0 Å². The van der Waals surface area contributed by atoms with Gasteiger partial charge in [0.05, 0.1) is 5.45 Å². The quantitative estimate of drug-likeness (QED) is 0.684. The van der Waals surface area contributed by atoms with Crippen molar-refractivity contribution in [2.75, 3.05) is 14.1 Å². The van der Waals surface area contributed by atoms with Crippen molar-refractivity contribution >= 4 is 21.2 Å². The predicted molar refractivity (Wildman–Crippen MR) is 78.0 cm³/mol. The molecule has 0 aliphatic carbocycles. The van der Waals surface area contributed by atoms with Gasteiger partial charge in [-0.3, -0.25) is 4.34 Å². The van der Waals surface area contributed by atoms with Gasteiger partial charge in [-0.05, 0) is 19.1 Å².